The maximum absolute atomic E-state index is 13.1. The monoisotopic (exact) mass is 492 g/mol. The van der Waals surface area contributed by atoms with Crippen LogP contribution in [0, 0.1) is 0 Å². The number of halogens is 3. The number of carbonyl (C=O) groups excluding carboxylic acids is 1. The van der Waals surface area contributed by atoms with Gasteiger partial charge in [0.1, 0.15) is 0 Å². The quantitative estimate of drug-likeness (QED) is 0.372. The molecule has 184 valence electrons. The van der Waals surface area contributed by atoms with Crippen molar-refractivity contribution in [2.75, 3.05) is 0 Å². The van der Waals surface area contributed by atoms with Gasteiger partial charge < -0.3 is 5.32 Å². The Morgan fingerprint density at radius 3 is 2.53 bits per heavy atom. The van der Waals surface area contributed by atoms with E-state index in [-0.39, 0.29) is 5.91 Å². The molecule has 10 heteroatoms. The number of alkyl halides is 3. The smallest absolute Gasteiger partial charge is 0.346 e. The highest BCUT2D eigenvalue weighted by Gasteiger charge is 2.30. The van der Waals surface area contributed by atoms with Crippen molar-refractivity contribution >= 4 is 27.8 Å². The molecule has 0 spiro atoms. The average Bonchev–Trinajstić information content (AvgIpc) is 3.43. The highest BCUT2D eigenvalue weighted by molar-refractivity contribution is 6.10. The fraction of sp³-hybridized carbons (Fsp3) is 0.269. The second-order valence-corrected chi connectivity index (χ2v) is 9.28. The van der Waals surface area contributed by atoms with E-state index in [4.69, 9.17) is 0 Å². The Morgan fingerprint density at radius 2 is 1.83 bits per heavy atom. The summed E-state index contributed by atoms with van der Waals surface area (Å²) >= 11 is 0. The molecule has 5 aromatic rings. The van der Waals surface area contributed by atoms with Gasteiger partial charge in [-0.05, 0) is 66.8 Å². The zero-order valence-corrected chi connectivity index (χ0v) is 19.7. The number of nitrogens with zero attached hydrogens (tertiary/aromatic N) is 5. The number of hydrogen-bond acceptors (Lipinski definition) is 3. The van der Waals surface area contributed by atoms with Gasteiger partial charge in [-0.3, -0.25) is 18.7 Å². The Kier molecular flexibility index (Phi) is 4.96. The minimum absolute atomic E-state index is 0.209. The van der Waals surface area contributed by atoms with E-state index in [1.807, 2.05) is 30.1 Å². The minimum atomic E-state index is -4.41. The van der Waals surface area contributed by atoms with E-state index in [2.05, 4.69) is 15.5 Å². The van der Waals surface area contributed by atoms with Gasteiger partial charge in [0, 0.05) is 42.3 Å². The molecule has 0 saturated heterocycles. The molecule has 6 rings (SSSR count). The van der Waals surface area contributed by atoms with Gasteiger partial charge in [0.25, 0.3) is 5.91 Å². The van der Waals surface area contributed by atoms with Gasteiger partial charge in [-0.2, -0.15) is 23.4 Å². The van der Waals surface area contributed by atoms with Crippen LogP contribution in [0.5, 0.6) is 0 Å². The lowest BCUT2D eigenvalue weighted by atomic mass is 10.1. The normalized spacial score (nSPS) is 14.1. The van der Waals surface area contributed by atoms with Crippen LogP contribution in [0.25, 0.3) is 27.6 Å². The van der Waals surface area contributed by atoms with Gasteiger partial charge >= 0.3 is 6.18 Å². The number of nitrogens with one attached hydrogen (secondary N) is 1. The first kappa shape index (κ1) is 22.4. The van der Waals surface area contributed by atoms with Gasteiger partial charge in [0.15, 0.2) is 5.65 Å². The molecule has 0 bridgehead atoms. The lowest BCUT2D eigenvalue weighted by Gasteiger charge is -2.11. The molecule has 1 aliphatic carbocycles. The van der Waals surface area contributed by atoms with E-state index < -0.39 is 11.7 Å². The van der Waals surface area contributed by atoms with Gasteiger partial charge in [-0.25, -0.2) is 0 Å². The highest BCUT2D eigenvalue weighted by Crippen LogP contribution is 2.41. The van der Waals surface area contributed by atoms with Crippen molar-refractivity contribution in [2.45, 2.75) is 31.5 Å². The Morgan fingerprint density at radius 1 is 1.08 bits per heavy atom. The van der Waals surface area contributed by atoms with Crippen molar-refractivity contribution in [2.24, 2.45) is 14.1 Å². The lowest BCUT2D eigenvalue weighted by molar-refractivity contribution is -0.137. The summed E-state index contributed by atoms with van der Waals surface area (Å²) in [5, 5.41) is 13.5. The van der Waals surface area contributed by atoms with Crippen molar-refractivity contribution in [1.82, 2.24) is 29.4 Å². The summed E-state index contributed by atoms with van der Waals surface area (Å²) in [5.74, 6) is 0.324. The van der Waals surface area contributed by atoms with E-state index in [0.29, 0.717) is 29.4 Å². The van der Waals surface area contributed by atoms with Crippen molar-refractivity contribution < 1.29 is 18.0 Å². The molecule has 0 radical (unpaired) electrons. The number of carbonyl (C=O) groups is 1. The van der Waals surface area contributed by atoms with Crippen molar-refractivity contribution in [3.63, 3.8) is 0 Å². The predicted molar refractivity (Wildman–Crippen MR) is 129 cm³/mol. The number of aryl methyl sites for hydroxylation is 2. The van der Waals surface area contributed by atoms with Crippen LogP contribution in [0.3, 0.4) is 0 Å². The lowest BCUT2D eigenvalue weighted by Crippen LogP contribution is -2.24. The zero-order valence-electron chi connectivity index (χ0n) is 19.7. The van der Waals surface area contributed by atoms with Crippen LogP contribution in [0.4, 0.5) is 13.2 Å². The molecule has 0 aliphatic heterocycles. The second kappa shape index (κ2) is 7.97. The van der Waals surface area contributed by atoms with Gasteiger partial charge in [0.05, 0.1) is 29.5 Å². The summed E-state index contributed by atoms with van der Waals surface area (Å²) in [6, 6.07) is 10.3. The summed E-state index contributed by atoms with van der Waals surface area (Å²) in [4.78, 5) is 13.1. The largest absolute Gasteiger partial charge is 0.416 e. The maximum atomic E-state index is 13.1. The minimum Gasteiger partial charge on any atom is -0.346 e. The Hall–Kier alpha value is -4.08. The zero-order chi connectivity index (χ0) is 25.2. The maximum Gasteiger partial charge on any atom is 0.416 e. The number of benzene rings is 2. The predicted octanol–water partition coefficient (Wildman–Crippen LogP) is 5.08. The first-order chi connectivity index (χ1) is 17.2. The van der Waals surface area contributed by atoms with Crippen LogP contribution in [0.2, 0.25) is 0 Å². The van der Waals surface area contributed by atoms with E-state index in [9.17, 15) is 18.0 Å². The van der Waals surface area contributed by atoms with Crippen molar-refractivity contribution in [3.8, 4) is 5.69 Å². The SMILES string of the molecule is Cn1cc2c3cc(C(=O)NCc4c(C5CC5)cnn4C)ccc3n(-c3ccc(C(F)(F)F)cc3)c2n1. The molecule has 0 atom stereocenters. The van der Waals surface area contributed by atoms with E-state index in [1.54, 1.807) is 28.5 Å². The summed E-state index contributed by atoms with van der Waals surface area (Å²) in [5.41, 5.74) is 3.91. The molecule has 3 heterocycles. The van der Waals surface area contributed by atoms with Crippen LogP contribution in [0.1, 0.15) is 45.9 Å². The second-order valence-electron chi connectivity index (χ2n) is 9.28. The number of aromatic nitrogens is 5. The molecular formula is C26H23F3N6O. The average molecular weight is 493 g/mol. The summed E-state index contributed by atoms with van der Waals surface area (Å²) in [6.07, 6.45) is 1.63. The fourth-order valence-electron chi connectivity index (χ4n) is 4.79. The van der Waals surface area contributed by atoms with Crippen LogP contribution < -0.4 is 5.32 Å². The van der Waals surface area contributed by atoms with Crippen molar-refractivity contribution in [1.29, 1.82) is 0 Å². The van der Waals surface area contributed by atoms with Gasteiger partial charge in [-0.15, -0.1) is 0 Å². The van der Waals surface area contributed by atoms with E-state index in [1.165, 1.54) is 17.7 Å². The van der Waals surface area contributed by atoms with E-state index in [0.717, 1.165) is 47.0 Å². The third-order valence-corrected chi connectivity index (χ3v) is 6.79. The van der Waals surface area contributed by atoms with Crippen molar-refractivity contribution in [3.05, 3.63) is 77.2 Å². The van der Waals surface area contributed by atoms with E-state index >= 15 is 0 Å². The third-order valence-electron chi connectivity index (χ3n) is 6.79. The topological polar surface area (TPSA) is 69.7 Å². The molecule has 3 aromatic heterocycles. The van der Waals surface area contributed by atoms with Crippen LogP contribution in [-0.4, -0.2) is 30.0 Å². The molecule has 1 N–H and O–H groups in total. The Bertz CT molecular complexity index is 1620. The first-order valence-electron chi connectivity index (χ1n) is 11.6. The fourth-order valence-corrected chi connectivity index (χ4v) is 4.79. The highest BCUT2D eigenvalue weighted by atomic mass is 19.4. The molecular weight excluding hydrogens is 469 g/mol. The Labute approximate surface area is 204 Å². The summed E-state index contributed by atoms with van der Waals surface area (Å²) in [7, 11) is 3.66. The number of rotatable bonds is 5. The number of hydrogen-bond donors (Lipinski definition) is 1. The van der Waals surface area contributed by atoms with Crippen LogP contribution in [0.15, 0.2) is 54.9 Å². The molecule has 2 aromatic carbocycles. The number of amides is 1. The molecule has 1 aliphatic rings. The third kappa shape index (κ3) is 3.73. The Balaban J connectivity index is 1.35. The molecule has 1 amide bonds. The molecule has 1 fully saturated rings. The van der Waals surface area contributed by atoms with Gasteiger partial charge in [0.2, 0.25) is 0 Å². The van der Waals surface area contributed by atoms with Crippen LogP contribution in [-0.2, 0) is 26.8 Å². The molecule has 7 nitrogen and oxygen atoms in total. The number of fused-ring (bicyclic) bond motifs is 3. The standard InChI is InChI=1S/C26H23F3N6O/c1-33-14-21-19-11-16(25(36)30-13-23-20(15-3-4-15)12-31-34(23)2)5-10-22(19)35(24(21)32-33)18-8-6-17(7-9-18)26(27,28)29/h5-12,14-15H,3-4,13H2,1-2H3,(H,30,36). The van der Waals surface area contributed by atoms with Crippen LogP contribution >= 0.6 is 0 Å². The summed E-state index contributed by atoms with van der Waals surface area (Å²) in [6.45, 7) is 0.383. The van der Waals surface area contributed by atoms with Gasteiger partial charge in [-0.1, -0.05) is 0 Å². The first-order valence-corrected chi connectivity index (χ1v) is 11.6. The molecule has 36 heavy (non-hydrogen) atoms. The summed E-state index contributed by atoms with van der Waals surface area (Å²) < 4.78 is 44.5. The molecule has 0 unspecified atom stereocenters. The molecule has 1 saturated carbocycles.